The predicted octanol–water partition coefficient (Wildman–Crippen LogP) is 3.54. The number of para-hydroxylation sites is 1. The maximum Gasteiger partial charge on any atom is 0.280 e. The minimum absolute atomic E-state index is 0.283. The summed E-state index contributed by atoms with van der Waals surface area (Å²) in [6, 6.07) is 12.0. The number of fused-ring (bicyclic) bond motifs is 1. The van der Waals surface area contributed by atoms with Crippen LogP contribution in [0.4, 0.5) is 4.39 Å². The van der Waals surface area contributed by atoms with Crippen LogP contribution in [0.15, 0.2) is 47.5 Å². The molecule has 2 aromatic carbocycles. The van der Waals surface area contributed by atoms with Crippen molar-refractivity contribution in [1.82, 2.24) is 4.57 Å². The van der Waals surface area contributed by atoms with Gasteiger partial charge in [0.1, 0.15) is 5.82 Å². The van der Waals surface area contributed by atoms with Crippen molar-refractivity contribution >= 4 is 27.5 Å². The first-order valence-electron chi connectivity index (χ1n) is 7.52. The zero-order valence-corrected chi connectivity index (χ0v) is 14.3. The zero-order chi connectivity index (χ0) is 17.1. The van der Waals surface area contributed by atoms with Crippen LogP contribution in [-0.2, 0) is 11.3 Å². The van der Waals surface area contributed by atoms with Crippen molar-refractivity contribution in [3.05, 3.63) is 64.2 Å². The number of rotatable bonds is 4. The van der Waals surface area contributed by atoms with Gasteiger partial charge in [0, 0.05) is 19.2 Å². The van der Waals surface area contributed by atoms with Crippen molar-refractivity contribution in [2.45, 2.75) is 13.5 Å². The Balaban J connectivity index is 2.11. The lowest BCUT2D eigenvalue weighted by atomic mass is 10.1. The molecule has 24 heavy (non-hydrogen) atoms. The number of ether oxygens (including phenoxy) is 1. The maximum absolute atomic E-state index is 13.4. The molecule has 0 unspecified atom stereocenters. The third-order valence-corrected chi connectivity index (χ3v) is 4.79. The number of hydrogen-bond acceptors (Lipinski definition) is 3. The number of aromatic nitrogens is 1. The topological polar surface area (TPSA) is 43.6 Å². The van der Waals surface area contributed by atoms with Crippen LogP contribution < -0.4 is 4.80 Å². The Morgan fingerprint density at radius 1 is 1.29 bits per heavy atom. The highest BCUT2D eigenvalue weighted by molar-refractivity contribution is 7.16. The Morgan fingerprint density at radius 2 is 2.08 bits per heavy atom. The van der Waals surface area contributed by atoms with E-state index in [9.17, 15) is 9.18 Å². The number of thiazole rings is 1. The zero-order valence-electron chi connectivity index (χ0n) is 13.5. The number of aryl methyl sites for hydroxylation is 1. The Labute approximate surface area is 142 Å². The molecule has 0 spiro atoms. The van der Waals surface area contributed by atoms with Crippen molar-refractivity contribution in [2.75, 3.05) is 13.7 Å². The first-order valence-corrected chi connectivity index (χ1v) is 8.34. The molecule has 0 saturated carbocycles. The highest BCUT2D eigenvalue weighted by Gasteiger charge is 2.11. The molecule has 6 heteroatoms. The Morgan fingerprint density at radius 3 is 2.88 bits per heavy atom. The summed E-state index contributed by atoms with van der Waals surface area (Å²) >= 11 is 1.43. The van der Waals surface area contributed by atoms with Gasteiger partial charge >= 0.3 is 0 Å². The molecule has 1 aromatic heterocycles. The second-order valence-corrected chi connectivity index (χ2v) is 6.38. The van der Waals surface area contributed by atoms with Crippen molar-refractivity contribution < 1.29 is 13.9 Å². The molecule has 0 aliphatic carbocycles. The fourth-order valence-electron chi connectivity index (χ4n) is 2.48. The van der Waals surface area contributed by atoms with Gasteiger partial charge in [0.15, 0.2) is 4.80 Å². The third kappa shape index (κ3) is 3.29. The van der Waals surface area contributed by atoms with Gasteiger partial charge in [-0.25, -0.2) is 4.39 Å². The van der Waals surface area contributed by atoms with E-state index in [2.05, 4.69) is 4.99 Å². The molecule has 0 aliphatic rings. The monoisotopic (exact) mass is 344 g/mol. The van der Waals surface area contributed by atoms with E-state index in [1.807, 2.05) is 28.8 Å². The van der Waals surface area contributed by atoms with E-state index >= 15 is 0 Å². The normalized spacial score (nSPS) is 12.0. The average molecular weight is 344 g/mol. The molecular weight excluding hydrogens is 327 g/mol. The van der Waals surface area contributed by atoms with Gasteiger partial charge in [-0.1, -0.05) is 29.5 Å². The van der Waals surface area contributed by atoms with E-state index in [0.717, 1.165) is 10.2 Å². The van der Waals surface area contributed by atoms with Crippen molar-refractivity contribution in [2.24, 2.45) is 4.99 Å². The SMILES string of the molecule is COCCn1c(=NC(=O)c2cc(F)ccc2C)sc2ccccc21. The van der Waals surface area contributed by atoms with Gasteiger partial charge < -0.3 is 9.30 Å². The number of nitrogens with zero attached hydrogens (tertiary/aromatic N) is 2. The second kappa shape index (κ2) is 7.07. The summed E-state index contributed by atoms with van der Waals surface area (Å²) in [5.41, 5.74) is 1.99. The first-order chi connectivity index (χ1) is 11.6. The van der Waals surface area contributed by atoms with Crippen LogP contribution in [-0.4, -0.2) is 24.2 Å². The average Bonchev–Trinajstić information content (AvgIpc) is 2.92. The molecule has 0 atom stereocenters. The predicted molar refractivity (Wildman–Crippen MR) is 92.7 cm³/mol. The van der Waals surface area contributed by atoms with Gasteiger partial charge in [-0.3, -0.25) is 4.79 Å². The molecule has 3 rings (SSSR count). The van der Waals surface area contributed by atoms with E-state index in [1.54, 1.807) is 20.1 Å². The van der Waals surface area contributed by atoms with Crippen LogP contribution in [0.1, 0.15) is 15.9 Å². The highest BCUT2D eigenvalue weighted by atomic mass is 32.1. The molecule has 124 valence electrons. The maximum atomic E-state index is 13.4. The standard InChI is InChI=1S/C18H17FN2O2S/c1-12-7-8-13(19)11-14(12)17(22)20-18-21(9-10-23-2)15-5-3-4-6-16(15)24-18/h3-8,11H,9-10H2,1-2H3. The summed E-state index contributed by atoms with van der Waals surface area (Å²) in [4.78, 5) is 17.3. The molecule has 0 N–H and O–H groups in total. The Hall–Kier alpha value is -2.31. The molecule has 1 amide bonds. The minimum atomic E-state index is -0.442. The number of carbonyl (C=O) groups excluding carboxylic acids is 1. The number of halogens is 1. The lowest BCUT2D eigenvalue weighted by molar-refractivity contribution is 0.0996. The van der Waals surface area contributed by atoms with Crippen LogP contribution >= 0.6 is 11.3 Å². The van der Waals surface area contributed by atoms with Crippen molar-refractivity contribution in [3.8, 4) is 0 Å². The van der Waals surface area contributed by atoms with Gasteiger partial charge in [0.25, 0.3) is 5.91 Å². The molecule has 0 bridgehead atoms. The summed E-state index contributed by atoms with van der Waals surface area (Å²) in [5.74, 6) is -0.882. The molecule has 4 nitrogen and oxygen atoms in total. The fraction of sp³-hybridized carbons (Fsp3) is 0.222. The van der Waals surface area contributed by atoms with Crippen LogP contribution in [0.25, 0.3) is 10.2 Å². The Kier molecular flexibility index (Phi) is 4.87. The minimum Gasteiger partial charge on any atom is -0.383 e. The van der Waals surface area contributed by atoms with Gasteiger partial charge in [0.05, 0.1) is 16.8 Å². The van der Waals surface area contributed by atoms with E-state index in [-0.39, 0.29) is 5.56 Å². The van der Waals surface area contributed by atoms with Crippen molar-refractivity contribution in [3.63, 3.8) is 0 Å². The second-order valence-electron chi connectivity index (χ2n) is 5.37. The Bertz CT molecular complexity index is 959. The van der Waals surface area contributed by atoms with Crippen molar-refractivity contribution in [1.29, 1.82) is 0 Å². The highest BCUT2D eigenvalue weighted by Crippen LogP contribution is 2.17. The van der Waals surface area contributed by atoms with Gasteiger partial charge in [0.2, 0.25) is 0 Å². The van der Waals surface area contributed by atoms with Crippen LogP contribution in [0, 0.1) is 12.7 Å². The van der Waals surface area contributed by atoms with E-state index in [0.29, 0.717) is 23.5 Å². The molecule has 0 radical (unpaired) electrons. The number of methoxy groups -OCH3 is 1. The van der Waals surface area contributed by atoms with Gasteiger partial charge in [-0.15, -0.1) is 0 Å². The number of hydrogen-bond donors (Lipinski definition) is 0. The number of benzene rings is 2. The molecule has 0 fully saturated rings. The lowest BCUT2D eigenvalue weighted by Gasteiger charge is -2.04. The summed E-state index contributed by atoms with van der Waals surface area (Å²) in [7, 11) is 1.63. The summed E-state index contributed by atoms with van der Waals surface area (Å²) in [5, 5.41) is 0. The summed E-state index contributed by atoms with van der Waals surface area (Å²) in [6.45, 7) is 2.88. The number of carbonyl (C=O) groups is 1. The molecule has 0 aliphatic heterocycles. The van der Waals surface area contributed by atoms with Gasteiger partial charge in [-0.2, -0.15) is 4.99 Å². The third-order valence-electron chi connectivity index (χ3n) is 3.73. The summed E-state index contributed by atoms with van der Waals surface area (Å²) in [6.07, 6.45) is 0. The first kappa shape index (κ1) is 16.5. The quantitative estimate of drug-likeness (QED) is 0.727. The fourth-order valence-corrected chi connectivity index (χ4v) is 3.53. The molecule has 1 heterocycles. The smallest absolute Gasteiger partial charge is 0.280 e. The molecular formula is C18H17FN2O2S. The van der Waals surface area contributed by atoms with E-state index in [4.69, 9.17) is 4.74 Å². The van der Waals surface area contributed by atoms with Crippen LogP contribution in [0.2, 0.25) is 0 Å². The number of amides is 1. The molecule has 0 saturated heterocycles. The summed E-state index contributed by atoms with van der Waals surface area (Å²) < 4.78 is 21.6. The van der Waals surface area contributed by atoms with Crippen LogP contribution in [0.5, 0.6) is 0 Å². The van der Waals surface area contributed by atoms with Crippen LogP contribution in [0.3, 0.4) is 0 Å². The largest absolute Gasteiger partial charge is 0.383 e. The lowest BCUT2D eigenvalue weighted by Crippen LogP contribution is -2.19. The van der Waals surface area contributed by atoms with E-state index in [1.165, 1.54) is 23.5 Å². The van der Waals surface area contributed by atoms with E-state index < -0.39 is 11.7 Å². The van der Waals surface area contributed by atoms with Gasteiger partial charge in [-0.05, 0) is 36.8 Å². The molecule has 3 aromatic rings.